The summed E-state index contributed by atoms with van der Waals surface area (Å²) in [6.07, 6.45) is 1.49. The SMILES string of the molecule is N#Cc1cccc(F)c1-n1cc(-c2ccc3c(c2)C(=O)N(C2CCC(=O)NC2=O)C3=O)nn1. The van der Waals surface area contributed by atoms with Gasteiger partial charge in [0, 0.05) is 12.0 Å². The number of fused-ring (bicyclic) bond motifs is 1. The summed E-state index contributed by atoms with van der Waals surface area (Å²) < 4.78 is 15.4. The number of nitrogens with one attached hydrogen (secondary N) is 1. The Labute approximate surface area is 185 Å². The first-order valence-corrected chi connectivity index (χ1v) is 9.86. The van der Waals surface area contributed by atoms with Crippen LogP contribution >= 0.6 is 0 Å². The van der Waals surface area contributed by atoms with Crippen molar-refractivity contribution in [2.24, 2.45) is 0 Å². The van der Waals surface area contributed by atoms with Crippen LogP contribution in [0.15, 0.2) is 42.6 Å². The fourth-order valence-corrected chi connectivity index (χ4v) is 3.97. The maximum absolute atomic E-state index is 14.3. The third-order valence-corrected chi connectivity index (χ3v) is 5.57. The highest BCUT2D eigenvalue weighted by atomic mass is 19.1. The van der Waals surface area contributed by atoms with E-state index in [1.165, 1.54) is 36.5 Å². The van der Waals surface area contributed by atoms with Gasteiger partial charge in [0.2, 0.25) is 11.8 Å². The normalized spacial score (nSPS) is 17.7. The summed E-state index contributed by atoms with van der Waals surface area (Å²) in [5.74, 6) is -3.07. The molecule has 3 heterocycles. The third-order valence-electron chi connectivity index (χ3n) is 5.57. The van der Waals surface area contributed by atoms with E-state index in [0.717, 1.165) is 9.58 Å². The molecule has 1 aromatic heterocycles. The molecular weight excluding hydrogens is 431 g/mol. The molecule has 2 aliphatic heterocycles. The van der Waals surface area contributed by atoms with Crippen molar-refractivity contribution in [2.45, 2.75) is 18.9 Å². The Morgan fingerprint density at radius 1 is 1.09 bits per heavy atom. The molecule has 33 heavy (non-hydrogen) atoms. The number of benzene rings is 2. The summed E-state index contributed by atoms with van der Waals surface area (Å²) in [5.41, 5.74) is 0.934. The second kappa shape index (κ2) is 7.45. The summed E-state index contributed by atoms with van der Waals surface area (Å²) in [6, 6.07) is 9.33. The number of aromatic nitrogens is 3. The van der Waals surface area contributed by atoms with Crippen LogP contribution in [0.3, 0.4) is 0 Å². The first-order chi connectivity index (χ1) is 15.9. The Balaban J connectivity index is 1.49. The number of hydrogen-bond acceptors (Lipinski definition) is 7. The van der Waals surface area contributed by atoms with Gasteiger partial charge in [-0.05, 0) is 30.7 Å². The highest BCUT2D eigenvalue weighted by Gasteiger charge is 2.44. The van der Waals surface area contributed by atoms with E-state index < -0.39 is 35.5 Å². The highest BCUT2D eigenvalue weighted by molar-refractivity contribution is 6.23. The number of rotatable bonds is 3. The number of amides is 4. The molecule has 0 spiro atoms. The van der Waals surface area contributed by atoms with Crippen LogP contribution in [0.5, 0.6) is 0 Å². The molecular formula is C22H13FN6O4. The minimum atomic E-state index is -1.06. The van der Waals surface area contributed by atoms with Gasteiger partial charge in [-0.25, -0.2) is 9.07 Å². The average Bonchev–Trinajstić information content (AvgIpc) is 3.37. The van der Waals surface area contributed by atoms with Crippen LogP contribution in [-0.2, 0) is 9.59 Å². The van der Waals surface area contributed by atoms with Gasteiger partial charge in [-0.2, -0.15) is 5.26 Å². The Hall–Kier alpha value is -4.72. The monoisotopic (exact) mass is 444 g/mol. The first-order valence-electron chi connectivity index (χ1n) is 9.86. The lowest BCUT2D eigenvalue weighted by molar-refractivity contribution is -0.136. The van der Waals surface area contributed by atoms with Gasteiger partial charge < -0.3 is 0 Å². The molecule has 11 heteroatoms. The molecule has 3 aromatic rings. The van der Waals surface area contributed by atoms with E-state index in [-0.39, 0.29) is 40.9 Å². The molecule has 1 saturated heterocycles. The fourth-order valence-electron chi connectivity index (χ4n) is 3.97. The molecule has 2 aliphatic rings. The molecule has 0 saturated carbocycles. The van der Waals surface area contributed by atoms with E-state index in [1.54, 1.807) is 6.07 Å². The van der Waals surface area contributed by atoms with Crippen molar-refractivity contribution >= 4 is 23.6 Å². The van der Waals surface area contributed by atoms with E-state index in [1.807, 2.05) is 6.07 Å². The van der Waals surface area contributed by atoms with Gasteiger partial charge in [0.1, 0.15) is 29.3 Å². The number of para-hydroxylation sites is 1. The lowest BCUT2D eigenvalue weighted by Gasteiger charge is -2.27. The Bertz CT molecular complexity index is 1420. The second-order valence-corrected chi connectivity index (χ2v) is 7.50. The number of imide groups is 2. The van der Waals surface area contributed by atoms with Crippen molar-refractivity contribution in [2.75, 3.05) is 0 Å². The second-order valence-electron chi connectivity index (χ2n) is 7.50. The summed E-state index contributed by atoms with van der Waals surface area (Å²) in [6.45, 7) is 0. The van der Waals surface area contributed by atoms with Crippen LogP contribution < -0.4 is 5.32 Å². The van der Waals surface area contributed by atoms with Crippen molar-refractivity contribution in [3.8, 4) is 23.0 Å². The predicted octanol–water partition coefficient (Wildman–Crippen LogP) is 1.35. The number of nitriles is 1. The van der Waals surface area contributed by atoms with Gasteiger partial charge in [-0.15, -0.1) is 5.10 Å². The summed E-state index contributed by atoms with van der Waals surface area (Å²) in [4.78, 5) is 50.3. The zero-order chi connectivity index (χ0) is 23.3. The van der Waals surface area contributed by atoms with Gasteiger partial charge in [-0.3, -0.25) is 29.4 Å². The Kier molecular flexibility index (Phi) is 4.56. The molecule has 5 rings (SSSR count). The van der Waals surface area contributed by atoms with Crippen LogP contribution in [0, 0.1) is 17.1 Å². The van der Waals surface area contributed by atoms with E-state index in [0.29, 0.717) is 5.56 Å². The van der Waals surface area contributed by atoms with Gasteiger partial charge in [0.05, 0.1) is 22.9 Å². The van der Waals surface area contributed by atoms with Crippen molar-refractivity contribution in [3.63, 3.8) is 0 Å². The van der Waals surface area contributed by atoms with Crippen LogP contribution in [-0.4, -0.2) is 49.6 Å². The fraction of sp³-hybridized carbons (Fsp3) is 0.136. The van der Waals surface area contributed by atoms with Crippen LogP contribution in [0.1, 0.15) is 39.1 Å². The number of halogens is 1. The minimum absolute atomic E-state index is 0.0267. The van der Waals surface area contributed by atoms with E-state index in [4.69, 9.17) is 0 Å². The van der Waals surface area contributed by atoms with Crippen LogP contribution in [0.25, 0.3) is 16.9 Å². The standard InChI is InChI=1S/C22H13FN6O4/c23-15-3-1-2-12(9-24)19(15)28-10-16(26-27-28)11-4-5-13-14(8-11)22(33)29(21(13)32)17-6-7-18(30)25-20(17)31/h1-5,8,10,17H,6-7H2,(H,25,30,31). The number of hydrogen-bond donors (Lipinski definition) is 1. The summed E-state index contributed by atoms with van der Waals surface area (Å²) >= 11 is 0. The molecule has 0 radical (unpaired) electrons. The number of piperidine rings is 1. The molecule has 1 unspecified atom stereocenters. The third kappa shape index (κ3) is 3.16. The lowest BCUT2D eigenvalue weighted by Crippen LogP contribution is -2.54. The maximum atomic E-state index is 14.3. The molecule has 1 fully saturated rings. The molecule has 1 atom stereocenters. The maximum Gasteiger partial charge on any atom is 0.262 e. The number of carbonyl (C=O) groups is 4. The number of carbonyl (C=O) groups excluding carboxylic acids is 4. The Morgan fingerprint density at radius 2 is 1.88 bits per heavy atom. The molecule has 0 bridgehead atoms. The molecule has 0 aliphatic carbocycles. The van der Waals surface area contributed by atoms with E-state index in [9.17, 15) is 28.8 Å². The molecule has 10 nitrogen and oxygen atoms in total. The zero-order valence-corrected chi connectivity index (χ0v) is 16.8. The highest BCUT2D eigenvalue weighted by Crippen LogP contribution is 2.31. The van der Waals surface area contributed by atoms with Crippen molar-refractivity contribution in [1.29, 1.82) is 5.26 Å². The van der Waals surface area contributed by atoms with Crippen molar-refractivity contribution < 1.29 is 23.6 Å². The smallest absolute Gasteiger partial charge is 0.262 e. The minimum Gasteiger partial charge on any atom is -0.295 e. The van der Waals surface area contributed by atoms with Crippen molar-refractivity contribution in [3.05, 3.63) is 65.1 Å². The van der Waals surface area contributed by atoms with Gasteiger partial charge in [0.15, 0.2) is 0 Å². The molecule has 4 amide bonds. The summed E-state index contributed by atoms with van der Waals surface area (Å²) in [7, 11) is 0. The topological polar surface area (TPSA) is 138 Å². The Morgan fingerprint density at radius 3 is 2.64 bits per heavy atom. The van der Waals surface area contributed by atoms with Gasteiger partial charge >= 0.3 is 0 Å². The summed E-state index contributed by atoms with van der Waals surface area (Å²) in [5, 5.41) is 19.3. The zero-order valence-electron chi connectivity index (χ0n) is 16.8. The van der Waals surface area contributed by atoms with Gasteiger partial charge in [-0.1, -0.05) is 17.3 Å². The quantitative estimate of drug-likeness (QED) is 0.602. The number of nitrogens with zero attached hydrogens (tertiary/aromatic N) is 5. The van der Waals surface area contributed by atoms with E-state index >= 15 is 0 Å². The largest absolute Gasteiger partial charge is 0.295 e. The molecule has 162 valence electrons. The molecule has 1 N–H and O–H groups in total. The lowest BCUT2D eigenvalue weighted by atomic mass is 10.0. The van der Waals surface area contributed by atoms with Gasteiger partial charge in [0.25, 0.3) is 11.8 Å². The molecule has 2 aromatic carbocycles. The van der Waals surface area contributed by atoms with Crippen LogP contribution in [0.4, 0.5) is 4.39 Å². The van der Waals surface area contributed by atoms with E-state index in [2.05, 4.69) is 15.6 Å². The van der Waals surface area contributed by atoms with Crippen molar-refractivity contribution in [1.82, 2.24) is 25.2 Å². The van der Waals surface area contributed by atoms with Crippen LogP contribution in [0.2, 0.25) is 0 Å². The predicted molar refractivity (Wildman–Crippen MR) is 108 cm³/mol. The average molecular weight is 444 g/mol. The first kappa shape index (κ1) is 20.2.